The van der Waals surface area contributed by atoms with Crippen LogP contribution in [-0.2, 0) is 6.42 Å². The van der Waals surface area contributed by atoms with E-state index in [1.54, 1.807) is 6.07 Å². The smallest absolute Gasteiger partial charge is 0.123 e. The van der Waals surface area contributed by atoms with E-state index < -0.39 is 0 Å². The van der Waals surface area contributed by atoms with Gasteiger partial charge in [-0.15, -0.1) is 0 Å². The Morgan fingerprint density at radius 2 is 1.85 bits per heavy atom. The first-order chi connectivity index (χ1) is 9.69. The van der Waals surface area contributed by atoms with E-state index in [9.17, 15) is 9.50 Å². The summed E-state index contributed by atoms with van der Waals surface area (Å²) in [6.07, 6.45) is 0.747. The monoisotopic (exact) mass is 273 g/mol. The van der Waals surface area contributed by atoms with Gasteiger partial charge in [-0.25, -0.2) is 4.39 Å². The van der Waals surface area contributed by atoms with Gasteiger partial charge in [0.25, 0.3) is 0 Å². The highest BCUT2D eigenvalue weighted by atomic mass is 19.1. The second-order valence-electron chi connectivity index (χ2n) is 5.01. The highest BCUT2D eigenvalue weighted by molar-refractivity contribution is 5.20. The van der Waals surface area contributed by atoms with Gasteiger partial charge in [0.1, 0.15) is 5.82 Å². The lowest BCUT2D eigenvalue weighted by atomic mass is 10.0. The van der Waals surface area contributed by atoms with Crippen LogP contribution in [0.2, 0.25) is 0 Å². The van der Waals surface area contributed by atoms with Crippen LogP contribution in [0.1, 0.15) is 24.1 Å². The van der Waals surface area contributed by atoms with Crippen molar-refractivity contribution < 1.29 is 9.50 Å². The molecule has 106 valence electrons. The van der Waals surface area contributed by atoms with Gasteiger partial charge in [-0.1, -0.05) is 42.5 Å². The number of aliphatic hydroxyl groups is 1. The van der Waals surface area contributed by atoms with Gasteiger partial charge in [-0.2, -0.15) is 0 Å². The van der Waals surface area contributed by atoms with Crippen molar-refractivity contribution in [3.8, 4) is 0 Å². The van der Waals surface area contributed by atoms with E-state index in [-0.39, 0.29) is 24.5 Å². The zero-order valence-electron chi connectivity index (χ0n) is 11.6. The van der Waals surface area contributed by atoms with Gasteiger partial charge in [-0.05, 0) is 36.6 Å². The molecule has 0 aliphatic carbocycles. The summed E-state index contributed by atoms with van der Waals surface area (Å²) in [5.41, 5.74) is 2.06. The zero-order valence-corrected chi connectivity index (χ0v) is 11.6. The molecule has 0 radical (unpaired) electrons. The first kappa shape index (κ1) is 14.7. The molecule has 0 amide bonds. The second kappa shape index (κ2) is 7.17. The molecule has 2 aromatic carbocycles. The molecule has 2 N–H and O–H groups in total. The topological polar surface area (TPSA) is 32.3 Å². The van der Waals surface area contributed by atoms with Crippen molar-refractivity contribution in [1.82, 2.24) is 5.32 Å². The lowest BCUT2D eigenvalue weighted by Gasteiger charge is -2.22. The number of benzene rings is 2. The third-order valence-corrected chi connectivity index (χ3v) is 3.38. The highest BCUT2D eigenvalue weighted by Crippen LogP contribution is 2.15. The van der Waals surface area contributed by atoms with Crippen LogP contribution in [0.25, 0.3) is 0 Å². The molecular formula is C17H20FNO. The highest BCUT2D eigenvalue weighted by Gasteiger charge is 2.13. The Morgan fingerprint density at radius 3 is 2.50 bits per heavy atom. The van der Waals surface area contributed by atoms with Crippen molar-refractivity contribution in [3.05, 3.63) is 71.5 Å². The maximum absolute atomic E-state index is 13.2. The zero-order chi connectivity index (χ0) is 14.4. The Hall–Kier alpha value is -1.71. The van der Waals surface area contributed by atoms with E-state index >= 15 is 0 Å². The number of nitrogens with one attached hydrogen (secondary N) is 1. The molecule has 0 saturated heterocycles. The van der Waals surface area contributed by atoms with Gasteiger partial charge >= 0.3 is 0 Å². The minimum Gasteiger partial charge on any atom is -0.395 e. The first-order valence-corrected chi connectivity index (χ1v) is 6.85. The molecule has 0 spiro atoms. The Labute approximate surface area is 119 Å². The molecule has 2 nitrogen and oxygen atoms in total. The van der Waals surface area contributed by atoms with Crippen LogP contribution in [0.5, 0.6) is 0 Å². The summed E-state index contributed by atoms with van der Waals surface area (Å²) in [7, 11) is 0. The molecule has 0 fully saturated rings. The third-order valence-electron chi connectivity index (χ3n) is 3.38. The molecule has 2 unspecified atom stereocenters. The maximum atomic E-state index is 13.2. The Morgan fingerprint density at radius 1 is 1.10 bits per heavy atom. The van der Waals surface area contributed by atoms with Gasteiger partial charge in [0.2, 0.25) is 0 Å². The summed E-state index contributed by atoms with van der Waals surface area (Å²) in [6.45, 7) is 2.02. The number of aliphatic hydroxyl groups excluding tert-OH is 1. The van der Waals surface area contributed by atoms with Crippen LogP contribution in [0, 0.1) is 5.82 Å². The average molecular weight is 273 g/mol. The minimum atomic E-state index is -0.236. The fourth-order valence-electron chi connectivity index (χ4n) is 2.30. The van der Waals surface area contributed by atoms with Crippen LogP contribution >= 0.6 is 0 Å². The summed E-state index contributed by atoms with van der Waals surface area (Å²) >= 11 is 0. The van der Waals surface area contributed by atoms with Gasteiger partial charge in [0, 0.05) is 12.1 Å². The van der Waals surface area contributed by atoms with Crippen molar-refractivity contribution in [3.63, 3.8) is 0 Å². The fraction of sp³-hybridized carbons (Fsp3) is 0.294. The largest absolute Gasteiger partial charge is 0.395 e. The Balaban J connectivity index is 1.99. The van der Waals surface area contributed by atoms with E-state index in [0.29, 0.717) is 0 Å². The Kier molecular flexibility index (Phi) is 5.27. The predicted molar refractivity (Wildman–Crippen MR) is 79.0 cm³/mol. The van der Waals surface area contributed by atoms with Crippen molar-refractivity contribution in [2.45, 2.75) is 25.4 Å². The normalized spacial score (nSPS) is 13.9. The molecule has 3 heteroatoms. The SMILES string of the molecule is CC(NC(CO)Cc1ccccc1)c1cccc(F)c1. The van der Waals surface area contributed by atoms with Crippen LogP contribution in [-0.4, -0.2) is 17.8 Å². The molecule has 0 aromatic heterocycles. The number of rotatable bonds is 6. The van der Waals surface area contributed by atoms with Gasteiger partial charge < -0.3 is 10.4 Å². The molecule has 0 heterocycles. The number of hydrogen-bond acceptors (Lipinski definition) is 2. The van der Waals surface area contributed by atoms with Crippen molar-refractivity contribution >= 4 is 0 Å². The van der Waals surface area contributed by atoms with Gasteiger partial charge in [0.05, 0.1) is 6.61 Å². The van der Waals surface area contributed by atoms with E-state index in [2.05, 4.69) is 5.32 Å². The maximum Gasteiger partial charge on any atom is 0.123 e. The molecule has 2 aromatic rings. The molecule has 2 atom stereocenters. The van der Waals surface area contributed by atoms with Crippen molar-refractivity contribution in [1.29, 1.82) is 0 Å². The molecule has 0 aliphatic heterocycles. The van der Waals surface area contributed by atoms with Crippen LogP contribution < -0.4 is 5.32 Å². The lowest BCUT2D eigenvalue weighted by Crippen LogP contribution is -2.36. The molecular weight excluding hydrogens is 253 g/mol. The third kappa shape index (κ3) is 4.15. The summed E-state index contributed by atoms with van der Waals surface area (Å²) in [5, 5.41) is 12.8. The summed E-state index contributed by atoms with van der Waals surface area (Å²) < 4.78 is 13.2. The molecule has 0 saturated carbocycles. The van der Waals surface area contributed by atoms with E-state index in [1.807, 2.05) is 43.3 Å². The van der Waals surface area contributed by atoms with Crippen LogP contribution in [0.3, 0.4) is 0 Å². The molecule has 0 aliphatic rings. The lowest BCUT2D eigenvalue weighted by molar-refractivity contribution is 0.232. The molecule has 2 rings (SSSR count). The average Bonchev–Trinajstić information content (AvgIpc) is 2.47. The number of halogens is 1. The van der Waals surface area contributed by atoms with Crippen LogP contribution in [0.15, 0.2) is 54.6 Å². The predicted octanol–water partition coefficient (Wildman–Crippen LogP) is 3.08. The quantitative estimate of drug-likeness (QED) is 0.847. The molecule has 20 heavy (non-hydrogen) atoms. The number of hydrogen-bond donors (Lipinski definition) is 2. The van der Waals surface area contributed by atoms with E-state index in [0.717, 1.165) is 12.0 Å². The van der Waals surface area contributed by atoms with E-state index in [1.165, 1.54) is 17.7 Å². The summed E-state index contributed by atoms with van der Waals surface area (Å²) in [6, 6.07) is 16.5. The first-order valence-electron chi connectivity index (χ1n) is 6.85. The van der Waals surface area contributed by atoms with Gasteiger partial charge in [0.15, 0.2) is 0 Å². The van der Waals surface area contributed by atoms with Crippen LogP contribution in [0.4, 0.5) is 4.39 Å². The summed E-state index contributed by atoms with van der Waals surface area (Å²) in [4.78, 5) is 0. The second-order valence-corrected chi connectivity index (χ2v) is 5.01. The fourth-order valence-corrected chi connectivity index (χ4v) is 2.30. The van der Waals surface area contributed by atoms with Gasteiger partial charge in [-0.3, -0.25) is 0 Å². The van der Waals surface area contributed by atoms with Crippen molar-refractivity contribution in [2.24, 2.45) is 0 Å². The standard InChI is InChI=1S/C17H20FNO/c1-13(15-8-5-9-16(18)11-15)19-17(12-20)10-14-6-3-2-4-7-14/h2-9,11,13,17,19-20H,10,12H2,1H3. The molecule has 0 bridgehead atoms. The van der Waals surface area contributed by atoms with E-state index in [4.69, 9.17) is 0 Å². The van der Waals surface area contributed by atoms with Crippen molar-refractivity contribution in [2.75, 3.05) is 6.61 Å². The minimum absolute atomic E-state index is 0.00781. The summed E-state index contributed by atoms with van der Waals surface area (Å²) in [5.74, 6) is -0.236. The Bertz CT molecular complexity index is 530.